The van der Waals surface area contributed by atoms with Crippen molar-refractivity contribution in [2.45, 2.75) is 43.9 Å². The zero-order valence-electron chi connectivity index (χ0n) is 11.4. The van der Waals surface area contributed by atoms with Crippen molar-refractivity contribution in [2.75, 3.05) is 0 Å². The van der Waals surface area contributed by atoms with E-state index < -0.39 is 8.07 Å². The number of hydrogen-bond donors (Lipinski definition) is 1. The second kappa shape index (κ2) is 4.44. The van der Waals surface area contributed by atoms with Gasteiger partial charge in [-0.1, -0.05) is 44.2 Å². The first-order chi connectivity index (χ1) is 8.37. The lowest BCUT2D eigenvalue weighted by Gasteiger charge is -2.16. The predicted molar refractivity (Wildman–Crippen MR) is 76.3 cm³/mol. The molecule has 0 spiro atoms. The molecule has 1 aromatic rings. The van der Waals surface area contributed by atoms with Crippen molar-refractivity contribution < 1.29 is 5.11 Å². The highest BCUT2D eigenvalue weighted by atomic mass is 28.3. The van der Waals surface area contributed by atoms with Crippen LogP contribution in [0.1, 0.15) is 18.4 Å². The molecule has 0 amide bonds. The second-order valence-electron chi connectivity index (χ2n) is 6.63. The quantitative estimate of drug-likeness (QED) is 0.833. The van der Waals surface area contributed by atoms with Crippen molar-refractivity contribution in [1.29, 1.82) is 5.26 Å². The van der Waals surface area contributed by atoms with E-state index in [4.69, 9.17) is 0 Å². The van der Waals surface area contributed by atoms with Gasteiger partial charge in [0.25, 0.3) is 0 Å². The van der Waals surface area contributed by atoms with Gasteiger partial charge >= 0.3 is 0 Å². The van der Waals surface area contributed by atoms with Crippen LogP contribution >= 0.6 is 0 Å². The molecule has 0 unspecified atom stereocenters. The third-order valence-corrected chi connectivity index (χ3v) is 5.72. The Morgan fingerprint density at radius 1 is 1.33 bits per heavy atom. The van der Waals surface area contributed by atoms with Crippen LogP contribution in [0.4, 0.5) is 0 Å². The van der Waals surface area contributed by atoms with Gasteiger partial charge in [0.2, 0.25) is 0 Å². The van der Waals surface area contributed by atoms with Gasteiger partial charge in [0, 0.05) is 8.07 Å². The van der Waals surface area contributed by atoms with Gasteiger partial charge in [0.15, 0.2) is 0 Å². The largest absolute Gasteiger partial charge is 0.508 e. The van der Waals surface area contributed by atoms with E-state index in [2.05, 4.69) is 25.7 Å². The van der Waals surface area contributed by atoms with Crippen LogP contribution in [0.15, 0.2) is 24.3 Å². The zero-order valence-corrected chi connectivity index (χ0v) is 12.4. The Balaban J connectivity index is 2.07. The highest BCUT2D eigenvalue weighted by Gasteiger charge is 2.55. The summed E-state index contributed by atoms with van der Waals surface area (Å²) in [7, 11) is -1.01. The van der Waals surface area contributed by atoms with E-state index in [1.165, 1.54) is 12.5 Å². The van der Waals surface area contributed by atoms with Crippen molar-refractivity contribution >= 4 is 8.07 Å². The normalized spacial score (nSPS) is 26.7. The fraction of sp³-hybridized carbons (Fsp3) is 0.533. The fourth-order valence-corrected chi connectivity index (χ4v) is 3.81. The molecular formula is C15H21NOSi. The first-order valence-electron chi connectivity index (χ1n) is 6.58. The van der Waals surface area contributed by atoms with Crippen LogP contribution in [0.5, 0.6) is 5.75 Å². The molecule has 1 aromatic carbocycles. The minimum atomic E-state index is -1.01. The highest BCUT2D eigenvalue weighted by molar-refractivity contribution is 6.76. The molecule has 3 heteroatoms. The molecule has 1 saturated carbocycles. The molecule has 0 heterocycles. The van der Waals surface area contributed by atoms with Gasteiger partial charge in [-0.05, 0) is 30.0 Å². The van der Waals surface area contributed by atoms with Gasteiger partial charge in [-0.2, -0.15) is 5.26 Å². The Hall–Kier alpha value is -1.27. The monoisotopic (exact) mass is 259 g/mol. The lowest BCUT2D eigenvalue weighted by Crippen LogP contribution is -2.20. The minimum Gasteiger partial charge on any atom is -0.508 e. The first-order valence-corrected chi connectivity index (χ1v) is 10.3. The van der Waals surface area contributed by atoms with E-state index in [0.717, 1.165) is 12.0 Å². The Labute approximate surface area is 110 Å². The van der Waals surface area contributed by atoms with Crippen LogP contribution in [0.3, 0.4) is 0 Å². The zero-order chi connectivity index (χ0) is 13.4. The van der Waals surface area contributed by atoms with Gasteiger partial charge in [-0.15, -0.1) is 0 Å². The number of rotatable bonds is 4. The molecule has 0 aliphatic heterocycles. The van der Waals surface area contributed by atoms with Gasteiger partial charge in [0.1, 0.15) is 5.75 Å². The number of phenolic OH excluding ortho intramolecular Hbond substituents is 1. The van der Waals surface area contributed by atoms with Crippen molar-refractivity contribution in [2.24, 2.45) is 5.92 Å². The van der Waals surface area contributed by atoms with E-state index in [1.54, 1.807) is 12.1 Å². The third-order valence-electron chi connectivity index (χ3n) is 3.93. The summed E-state index contributed by atoms with van der Waals surface area (Å²) in [5, 5.41) is 18.8. The molecule has 1 aliphatic rings. The molecule has 96 valence electrons. The van der Waals surface area contributed by atoms with Crippen LogP contribution in [0, 0.1) is 17.2 Å². The summed E-state index contributed by atoms with van der Waals surface area (Å²) in [4.78, 5) is 0. The maximum atomic E-state index is 9.48. The number of hydrogen-bond acceptors (Lipinski definition) is 2. The fourth-order valence-electron chi connectivity index (χ4n) is 2.60. The molecule has 2 nitrogen and oxygen atoms in total. The van der Waals surface area contributed by atoms with Crippen LogP contribution in [-0.4, -0.2) is 13.2 Å². The number of nitriles is 1. The van der Waals surface area contributed by atoms with Crippen LogP contribution in [0.25, 0.3) is 0 Å². The predicted octanol–water partition coefficient (Wildman–Crippen LogP) is 3.90. The standard InChI is InChI=1S/C15H21NOSi/c1-18(2,3)9-8-13-10-15(13,11-16)12-4-6-14(17)7-5-12/h4-7,13,17H,8-10H2,1-3H3/t13-,15+/m0/s1. The van der Waals surface area contributed by atoms with Crippen LogP contribution in [0.2, 0.25) is 25.7 Å². The lowest BCUT2D eigenvalue weighted by atomic mass is 9.94. The summed E-state index contributed by atoms with van der Waals surface area (Å²) in [5.41, 5.74) is 0.802. The number of aromatic hydroxyl groups is 1. The second-order valence-corrected chi connectivity index (χ2v) is 12.3. The minimum absolute atomic E-state index is 0.270. The molecule has 18 heavy (non-hydrogen) atoms. The maximum absolute atomic E-state index is 9.48. The Morgan fingerprint density at radius 3 is 2.44 bits per heavy atom. The number of nitrogens with zero attached hydrogens (tertiary/aromatic N) is 1. The Bertz CT molecular complexity index is 469. The molecule has 0 radical (unpaired) electrons. The molecule has 0 saturated heterocycles. The van der Waals surface area contributed by atoms with E-state index in [0.29, 0.717) is 5.92 Å². The van der Waals surface area contributed by atoms with E-state index in [-0.39, 0.29) is 11.2 Å². The van der Waals surface area contributed by atoms with Crippen molar-refractivity contribution in [3.05, 3.63) is 29.8 Å². The molecule has 1 aliphatic carbocycles. The third kappa shape index (κ3) is 2.59. The van der Waals surface area contributed by atoms with Gasteiger partial charge in [0.05, 0.1) is 11.5 Å². The molecule has 2 rings (SSSR count). The highest BCUT2D eigenvalue weighted by Crippen LogP contribution is 2.56. The number of benzene rings is 1. The Morgan fingerprint density at radius 2 is 1.94 bits per heavy atom. The molecule has 0 bridgehead atoms. The smallest absolute Gasteiger partial charge is 0.115 e. The molecule has 0 aromatic heterocycles. The molecule has 1 N–H and O–H groups in total. The molecule has 1 fully saturated rings. The van der Waals surface area contributed by atoms with Gasteiger partial charge in [-0.3, -0.25) is 0 Å². The summed E-state index contributed by atoms with van der Waals surface area (Å²) < 4.78 is 0. The summed E-state index contributed by atoms with van der Waals surface area (Å²) in [6, 6.07) is 11.0. The average molecular weight is 259 g/mol. The number of phenols is 1. The van der Waals surface area contributed by atoms with Gasteiger partial charge < -0.3 is 5.11 Å². The molecular weight excluding hydrogens is 238 g/mol. The topological polar surface area (TPSA) is 44.0 Å². The van der Waals surface area contributed by atoms with E-state index >= 15 is 0 Å². The van der Waals surface area contributed by atoms with E-state index in [1.807, 2.05) is 12.1 Å². The van der Waals surface area contributed by atoms with Gasteiger partial charge in [-0.25, -0.2) is 0 Å². The van der Waals surface area contributed by atoms with Crippen molar-refractivity contribution in [3.8, 4) is 11.8 Å². The summed E-state index contributed by atoms with van der Waals surface area (Å²) >= 11 is 0. The summed E-state index contributed by atoms with van der Waals surface area (Å²) in [5.74, 6) is 0.782. The first kappa shape index (κ1) is 13.2. The maximum Gasteiger partial charge on any atom is 0.115 e. The lowest BCUT2D eigenvalue weighted by molar-refractivity contribution is 0.475. The van der Waals surface area contributed by atoms with Crippen LogP contribution in [-0.2, 0) is 5.41 Å². The average Bonchev–Trinajstić information content (AvgIpc) is 3.01. The summed E-state index contributed by atoms with van der Waals surface area (Å²) in [6.45, 7) is 7.14. The van der Waals surface area contributed by atoms with Crippen molar-refractivity contribution in [3.63, 3.8) is 0 Å². The SMILES string of the molecule is C[Si](C)(C)CC[C@H]1C[C@@]1(C#N)c1ccc(O)cc1. The summed E-state index contributed by atoms with van der Waals surface area (Å²) in [6.07, 6.45) is 2.16. The van der Waals surface area contributed by atoms with Crippen LogP contribution < -0.4 is 0 Å². The van der Waals surface area contributed by atoms with Crippen molar-refractivity contribution in [1.82, 2.24) is 0 Å². The van der Waals surface area contributed by atoms with E-state index in [9.17, 15) is 10.4 Å². The Kier molecular flexibility index (Phi) is 3.25. The molecule has 2 atom stereocenters.